The molecule has 0 saturated heterocycles. The molecule has 0 bridgehead atoms. The highest BCUT2D eigenvalue weighted by Crippen LogP contribution is 1.80. The molecule has 0 spiro atoms. The standard InChI is InChI=1S/C6H15N5O.ClH/c1-5(12)10-3-2-4-11(9)6(7)8;/h2-4,9H2,1H3,(H3,7,8)(H,10,12);1H. The second-order valence-corrected chi connectivity index (χ2v) is 2.42. The summed E-state index contributed by atoms with van der Waals surface area (Å²) in [6, 6.07) is 0. The second kappa shape index (κ2) is 7.63. The lowest BCUT2D eigenvalue weighted by Crippen LogP contribution is -2.43. The topological polar surface area (TPSA) is 108 Å². The van der Waals surface area contributed by atoms with Crippen molar-refractivity contribution in [3.63, 3.8) is 0 Å². The third-order valence-corrected chi connectivity index (χ3v) is 1.26. The first-order chi connectivity index (χ1) is 5.54. The van der Waals surface area contributed by atoms with Crippen molar-refractivity contribution in [2.75, 3.05) is 13.1 Å². The van der Waals surface area contributed by atoms with E-state index in [4.69, 9.17) is 17.0 Å². The molecule has 0 aromatic heterocycles. The van der Waals surface area contributed by atoms with Gasteiger partial charge in [0.05, 0.1) is 0 Å². The molecule has 0 radical (unpaired) electrons. The van der Waals surface area contributed by atoms with Crippen LogP contribution in [0.4, 0.5) is 0 Å². The van der Waals surface area contributed by atoms with Crippen LogP contribution in [-0.2, 0) is 4.79 Å². The fourth-order valence-corrected chi connectivity index (χ4v) is 0.634. The monoisotopic (exact) mass is 209 g/mol. The van der Waals surface area contributed by atoms with Gasteiger partial charge in [-0.05, 0) is 6.42 Å². The Hall–Kier alpha value is -1.01. The summed E-state index contributed by atoms with van der Waals surface area (Å²) >= 11 is 0. The molecule has 0 aliphatic carbocycles. The summed E-state index contributed by atoms with van der Waals surface area (Å²) in [5.41, 5.74) is 5.07. The lowest BCUT2D eigenvalue weighted by atomic mass is 10.4. The van der Waals surface area contributed by atoms with E-state index in [9.17, 15) is 4.79 Å². The summed E-state index contributed by atoms with van der Waals surface area (Å²) in [5.74, 6) is 5.07. The van der Waals surface area contributed by atoms with Crippen LogP contribution in [0.3, 0.4) is 0 Å². The summed E-state index contributed by atoms with van der Waals surface area (Å²) in [4.78, 5) is 10.4. The van der Waals surface area contributed by atoms with Crippen LogP contribution in [-0.4, -0.2) is 30.0 Å². The molecule has 0 atom stereocenters. The van der Waals surface area contributed by atoms with E-state index in [0.29, 0.717) is 19.5 Å². The van der Waals surface area contributed by atoms with Gasteiger partial charge >= 0.3 is 0 Å². The quantitative estimate of drug-likeness (QED) is 0.157. The van der Waals surface area contributed by atoms with E-state index < -0.39 is 0 Å². The van der Waals surface area contributed by atoms with Gasteiger partial charge in [-0.3, -0.25) is 15.2 Å². The smallest absolute Gasteiger partial charge is 0.216 e. The van der Waals surface area contributed by atoms with E-state index in [1.54, 1.807) is 0 Å². The Morgan fingerprint density at radius 3 is 2.54 bits per heavy atom. The van der Waals surface area contributed by atoms with Crippen molar-refractivity contribution >= 4 is 24.3 Å². The van der Waals surface area contributed by atoms with Crippen LogP contribution in [0.15, 0.2) is 0 Å². The molecule has 7 heteroatoms. The maximum atomic E-state index is 10.4. The Labute approximate surface area is 83.5 Å². The summed E-state index contributed by atoms with van der Waals surface area (Å²) in [6.07, 6.45) is 0.676. The molecule has 13 heavy (non-hydrogen) atoms. The number of carbonyl (C=O) groups excluding carboxylic acids is 1. The molecular formula is C6H16ClN5O. The first-order valence-electron chi connectivity index (χ1n) is 3.64. The van der Waals surface area contributed by atoms with Crippen LogP contribution in [0.25, 0.3) is 0 Å². The Kier molecular flexibility index (Phi) is 8.52. The number of guanidine groups is 1. The van der Waals surface area contributed by atoms with Crippen LogP contribution in [0.2, 0.25) is 0 Å². The highest BCUT2D eigenvalue weighted by Gasteiger charge is 1.98. The molecule has 0 heterocycles. The number of carbonyl (C=O) groups is 1. The fraction of sp³-hybridized carbons (Fsp3) is 0.667. The van der Waals surface area contributed by atoms with E-state index >= 15 is 0 Å². The van der Waals surface area contributed by atoms with E-state index in [1.165, 1.54) is 6.92 Å². The minimum atomic E-state index is -0.169. The number of amides is 1. The molecule has 0 aliphatic heterocycles. The molecule has 6 nitrogen and oxygen atoms in total. The summed E-state index contributed by atoms with van der Waals surface area (Å²) < 4.78 is 0. The number of nitrogens with one attached hydrogen (secondary N) is 2. The normalized spacial score (nSPS) is 8.46. The average molecular weight is 210 g/mol. The molecule has 0 saturated carbocycles. The molecule has 1 amide bonds. The average Bonchev–Trinajstić information content (AvgIpc) is 1.97. The Morgan fingerprint density at radius 2 is 2.15 bits per heavy atom. The predicted molar refractivity (Wildman–Crippen MR) is 53.4 cm³/mol. The number of hydrazine groups is 1. The minimum Gasteiger partial charge on any atom is -0.369 e. The second-order valence-electron chi connectivity index (χ2n) is 2.42. The van der Waals surface area contributed by atoms with Crippen LogP contribution >= 0.6 is 12.4 Å². The van der Waals surface area contributed by atoms with Gasteiger partial charge in [-0.25, -0.2) is 5.84 Å². The van der Waals surface area contributed by atoms with Gasteiger partial charge in [-0.1, -0.05) is 0 Å². The van der Waals surface area contributed by atoms with Gasteiger partial charge in [0.15, 0.2) is 0 Å². The predicted octanol–water partition coefficient (Wildman–Crippen LogP) is -0.996. The van der Waals surface area contributed by atoms with Gasteiger partial charge in [-0.15, -0.1) is 12.4 Å². The maximum absolute atomic E-state index is 10.4. The summed E-state index contributed by atoms with van der Waals surface area (Å²) in [6.45, 7) is 2.47. The molecule has 0 aliphatic rings. The molecule has 0 unspecified atom stereocenters. The lowest BCUT2D eigenvalue weighted by molar-refractivity contribution is -0.118. The molecule has 0 rings (SSSR count). The van der Waals surface area contributed by atoms with Crippen molar-refractivity contribution in [3.05, 3.63) is 0 Å². The molecular weight excluding hydrogens is 194 g/mol. The highest BCUT2D eigenvalue weighted by atomic mass is 35.5. The van der Waals surface area contributed by atoms with E-state index in [1.807, 2.05) is 0 Å². The maximum Gasteiger partial charge on any atom is 0.216 e. The van der Waals surface area contributed by atoms with Crippen LogP contribution in [0.5, 0.6) is 0 Å². The van der Waals surface area contributed by atoms with Crippen LogP contribution in [0, 0.1) is 5.41 Å². The Morgan fingerprint density at radius 1 is 1.62 bits per heavy atom. The fourth-order valence-electron chi connectivity index (χ4n) is 0.634. The van der Waals surface area contributed by atoms with E-state index in [2.05, 4.69) is 5.32 Å². The third-order valence-electron chi connectivity index (χ3n) is 1.26. The van der Waals surface area contributed by atoms with Crippen molar-refractivity contribution < 1.29 is 4.79 Å². The van der Waals surface area contributed by atoms with Gasteiger partial charge in [0.2, 0.25) is 11.9 Å². The first kappa shape index (κ1) is 14.5. The molecule has 0 aromatic rings. The molecule has 0 fully saturated rings. The zero-order valence-corrected chi connectivity index (χ0v) is 8.36. The third kappa shape index (κ3) is 8.90. The van der Waals surface area contributed by atoms with Crippen molar-refractivity contribution in [2.24, 2.45) is 11.6 Å². The lowest BCUT2D eigenvalue weighted by Gasteiger charge is -2.15. The zero-order chi connectivity index (χ0) is 9.56. The first-order valence-corrected chi connectivity index (χ1v) is 3.64. The number of hydrogen-bond acceptors (Lipinski definition) is 3. The minimum absolute atomic E-state index is 0. The van der Waals surface area contributed by atoms with Gasteiger partial charge in [0, 0.05) is 20.0 Å². The van der Waals surface area contributed by atoms with E-state index in [-0.39, 0.29) is 24.3 Å². The summed E-state index contributed by atoms with van der Waals surface area (Å²) in [5, 5.41) is 10.6. The van der Waals surface area contributed by atoms with Gasteiger partial charge in [0.1, 0.15) is 0 Å². The van der Waals surface area contributed by atoms with E-state index in [0.717, 1.165) is 5.01 Å². The van der Waals surface area contributed by atoms with Crippen molar-refractivity contribution in [1.82, 2.24) is 10.3 Å². The van der Waals surface area contributed by atoms with Gasteiger partial charge in [0.25, 0.3) is 0 Å². The summed E-state index contributed by atoms with van der Waals surface area (Å²) in [7, 11) is 0. The van der Waals surface area contributed by atoms with Crippen molar-refractivity contribution in [1.29, 1.82) is 5.41 Å². The van der Waals surface area contributed by atoms with Crippen LogP contribution in [0.1, 0.15) is 13.3 Å². The Bertz CT molecular complexity index is 174. The molecule has 78 valence electrons. The number of rotatable bonds is 4. The Balaban J connectivity index is 0. The van der Waals surface area contributed by atoms with Crippen molar-refractivity contribution in [3.8, 4) is 0 Å². The van der Waals surface area contributed by atoms with Crippen molar-refractivity contribution in [2.45, 2.75) is 13.3 Å². The largest absolute Gasteiger partial charge is 0.369 e. The van der Waals surface area contributed by atoms with Crippen LogP contribution < -0.4 is 16.9 Å². The SMILES string of the molecule is CC(=O)NCCCN(N)C(=N)N.Cl. The number of hydrogen-bond donors (Lipinski definition) is 4. The number of nitrogens with zero attached hydrogens (tertiary/aromatic N) is 1. The van der Waals surface area contributed by atoms with Gasteiger partial charge in [-0.2, -0.15) is 0 Å². The van der Waals surface area contributed by atoms with Gasteiger partial charge < -0.3 is 11.1 Å². The highest BCUT2D eigenvalue weighted by molar-refractivity contribution is 5.85. The zero-order valence-electron chi connectivity index (χ0n) is 7.54. The number of nitrogens with two attached hydrogens (primary N) is 2. The molecule has 0 aromatic carbocycles. The molecule has 6 N–H and O–H groups in total. The number of halogens is 1.